The van der Waals surface area contributed by atoms with E-state index >= 15 is 0 Å². The maximum absolute atomic E-state index is 11.1. The van der Waals surface area contributed by atoms with Gasteiger partial charge >= 0.3 is 0 Å². The Morgan fingerprint density at radius 1 is 1.00 bits per heavy atom. The normalized spacial score (nSPS) is 30.9. The number of rotatable bonds is 2. The van der Waals surface area contributed by atoms with Crippen LogP contribution in [0.25, 0.3) is 0 Å². The monoisotopic (exact) mass is 260 g/mol. The molecule has 1 aromatic rings. The van der Waals surface area contributed by atoms with Gasteiger partial charge < -0.3 is 5.11 Å². The van der Waals surface area contributed by atoms with Crippen LogP contribution in [0.2, 0.25) is 0 Å². The van der Waals surface area contributed by atoms with Gasteiger partial charge in [0.15, 0.2) is 0 Å². The third-order valence-corrected chi connectivity index (χ3v) is 5.06. The van der Waals surface area contributed by atoms with Crippen molar-refractivity contribution in [3.63, 3.8) is 0 Å². The van der Waals surface area contributed by atoms with Crippen LogP contribution < -0.4 is 0 Å². The van der Waals surface area contributed by atoms with E-state index in [1.54, 1.807) is 0 Å². The largest absolute Gasteiger partial charge is 0.385 e. The third-order valence-electron chi connectivity index (χ3n) is 5.06. The van der Waals surface area contributed by atoms with Crippen molar-refractivity contribution in [1.82, 2.24) is 0 Å². The molecule has 1 aliphatic carbocycles. The zero-order chi connectivity index (χ0) is 14.2. The highest BCUT2D eigenvalue weighted by molar-refractivity contribution is 5.33. The summed E-state index contributed by atoms with van der Waals surface area (Å²) in [6.07, 6.45) is 3.59. The summed E-state index contributed by atoms with van der Waals surface area (Å²) in [4.78, 5) is 0. The second kappa shape index (κ2) is 5.28. The predicted octanol–water partition coefficient (Wildman–Crippen LogP) is 4.58. The highest BCUT2D eigenvalue weighted by Gasteiger charge is 2.38. The third kappa shape index (κ3) is 3.02. The Hall–Kier alpha value is -0.820. The van der Waals surface area contributed by atoms with Gasteiger partial charge in [-0.05, 0) is 74.5 Å². The summed E-state index contributed by atoms with van der Waals surface area (Å²) in [5, 5.41) is 11.1. The molecule has 0 aliphatic heterocycles. The molecule has 1 aliphatic rings. The van der Waals surface area contributed by atoms with Gasteiger partial charge in [-0.2, -0.15) is 0 Å². The molecule has 2 rings (SSSR count). The van der Waals surface area contributed by atoms with Crippen LogP contribution in [0, 0.1) is 31.6 Å². The molecule has 0 radical (unpaired) electrons. The van der Waals surface area contributed by atoms with Gasteiger partial charge in [0, 0.05) is 0 Å². The van der Waals surface area contributed by atoms with Crippen molar-refractivity contribution in [3.8, 4) is 0 Å². The van der Waals surface area contributed by atoms with Gasteiger partial charge in [-0.1, -0.05) is 32.0 Å². The average molecular weight is 260 g/mol. The Bertz CT molecular complexity index is 437. The lowest BCUT2D eigenvalue weighted by Crippen LogP contribution is -2.37. The molecule has 1 saturated carbocycles. The summed E-state index contributed by atoms with van der Waals surface area (Å²) < 4.78 is 0. The molecule has 3 unspecified atom stereocenters. The smallest absolute Gasteiger partial charge is 0.0896 e. The first-order valence-electron chi connectivity index (χ1n) is 7.60. The average Bonchev–Trinajstić information content (AvgIpc) is 2.31. The molecule has 1 heteroatoms. The molecular formula is C18H28O. The Balaban J connectivity index is 2.27. The van der Waals surface area contributed by atoms with Crippen molar-refractivity contribution in [2.45, 2.75) is 59.5 Å². The fraction of sp³-hybridized carbons (Fsp3) is 0.667. The van der Waals surface area contributed by atoms with E-state index in [1.807, 2.05) is 6.92 Å². The van der Waals surface area contributed by atoms with Crippen LogP contribution in [0.4, 0.5) is 0 Å². The second-order valence-corrected chi connectivity index (χ2v) is 7.06. The maximum Gasteiger partial charge on any atom is 0.0896 e. The molecule has 0 bridgehead atoms. The van der Waals surface area contributed by atoms with E-state index in [1.165, 1.54) is 17.5 Å². The van der Waals surface area contributed by atoms with E-state index in [2.05, 4.69) is 45.9 Å². The van der Waals surface area contributed by atoms with Crippen molar-refractivity contribution in [1.29, 1.82) is 0 Å². The Morgan fingerprint density at radius 2 is 1.58 bits per heavy atom. The molecule has 0 aromatic heterocycles. The molecule has 0 spiro atoms. The van der Waals surface area contributed by atoms with Crippen LogP contribution in [-0.2, 0) is 5.60 Å². The van der Waals surface area contributed by atoms with Crippen molar-refractivity contribution in [2.24, 2.45) is 17.8 Å². The van der Waals surface area contributed by atoms with Gasteiger partial charge in [-0.25, -0.2) is 0 Å². The quantitative estimate of drug-likeness (QED) is 0.825. The molecular weight excluding hydrogens is 232 g/mol. The fourth-order valence-electron chi connectivity index (χ4n) is 3.70. The van der Waals surface area contributed by atoms with Crippen LogP contribution >= 0.6 is 0 Å². The van der Waals surface area contributed by atoms with Crippen molar-refractivity contribution in [3.05, 3.63) is 34.9 Å². The second-order valence-electron chi connectivity index (χ2n) is 7.06. The van der Waals surface area contributed by atoms with Crippen LogP contribution in [0.1, 0.15) is 56.7 Å². The predicted molar refractivity (Wildman–Crippen MR) is 81.2 cm³/mol. The maximum atomic E-state index is 11.1. The first-order valence-corrected chi connectivity index (χ1v) is 7.60. The zero-order valence-electron chi connectivity index (χ0n) is 13.0. The summed E-state index contributed by atoms with van der Waals surface area (Å²) in [6.45, 7) is 10.9. The van der Waals surface area contributed by atoms with Crippen LogP contribution in [0.3, 0.4) is 0 Å². The molecule has 19 heavy (non-hydrogen) atoms. The van der Waals surface area contributed by atoms with Crippen LogP contribution in [0.5, 0.6) is 0 Å². The lowest BCUT2D eigenvalue weighted by Gasteiger charge is -2.41. The van der Waals surface area contributed by atoms with Gasteiger partial charge in [0.1, 0.15) is 0 Å². The standard InChI is InChI=1S/C18H28O/c1-12-8-13(2)10-17(9-12)18(5,19)16-7-6-14(3)15(4)11-16/h6-7,11-13,17,19H,8-10H2,1-5H3. The minimum atomic E-state index is -0.693. The highest BCUT2D eigenvalue weighted by Crippen LogP contribution is 2.43. The van der Waals surface area contributed by atoms with Crippen molar-refractivity contribution >= 4 is 0 Å². The van der Waals surface area contributed by atoms with Crippen LogP contribution in [-0.4, -0.2) is 5.11 Å². The molecule has 0 saturated heterocycles. The molecule has 1 fully saturated rings. The lowest BCUT2D eigenvalue weighted by molar-refractivity contribution is -0.0387. The van der Waals surface area contributed by atoms with Gasteiger partial charge in [0.25, 0.3) is 0 Å². The molecule has 1 nitrogen and oxygen atoms in total. The molecule has 0 heterocycles. The number of aliphatic hydroxyl groups is 1. The summed E-state index contributed by atoms with van der Waals surface area (Å²) in [5.41, 5.74) is 2.96. The van der Waals surface area contributed by atoms with Crippen molar-refractivity contribution < 1.29 is 5.11 Å². The van der Waals surface area contributed by atoms with E-state index in [0.29, 0.717) is 5.92 Å². The first-order chi connectivity index (χ1) is 8.80. The van der Waals surface area contributed by atoms with Gasteiger partial charge in [-0.3, -0.25) is 0 Å². The zero-order valence-corrected chi connectivity index (χ0v) is 13.0. The van der Waals surface area contributed by atoms with Crippen molar-refractivity contribution in [2.75, 3.05) is 0 Å². The van der Waals surface area contributed by atoms with E-state index in [0.717, 1.165) is 30.2 Å². The van der Waals surface area contributed by atoms with Gasteiger partial charge in [-0.15, -0.1) is 0 Å². The number of hydrogen-bond acceptors (Lipinski definition) is 1. The lowest BCUT2D eigenvalue weighted by atomic mass is 9.68. The summed E-state index contributed by atoms with van der Waals surface area (Å²) >= 11 is 0. The topological polar surface area (TPSA) is 20.2 Å². The Labute approximate surface area is 118 Å². The van der Waals surface area contributed by atoms with E-state index in [4.69, 9.17) is 0 Å². The first kappa shape index (κ1) is 14.6. The van der Waals surface area contributed by atoms with Gasteiger partial charge in [0.05, 0.1) is 5.60 Å². The summed E-state index contributed by atoms with van der Waals surface area (Å²) in [7, 11) is 0. The van der Waals surface area contributed by atoms with Crippen LogP contribution in [0.15, 0.2) is 18.2 Å². The van der Waals surface area contributed by atoms with E-state index in [-0.39, 0.29) is 0 Å². The molecule has 3 atom stereocenters. The van der Waals surface area contributed by atoms with E-state index < -0.39 is 5.60 Å². The minimum absolute atomic E-state index is 0.383. The minimum Gasteiger partial charge on any atom is -0.385 e. The SMILES string of the molecule is Cc1ccc(C(C)(O)C2CC(C)CC(C)C2)cc1C. The molecule has 1 N–H and O–H groups in total. The molecule has 0 amide bonds. The highest BCUT2D eigenvalue weighted by atomic mass is 16.3. The number of benzene rings is 1. The fourth-order valence-corrected chi connectivity index (χ4v) is 3.70. The van der Waals surface area contributed by atoms with Gasteiger partial charge in [0.2, 0.25) is 0 Å². The Kier molecular flexibility index (Phi) is 4.06. The number of hydrogen-bond donors (Lipinski definition) is 1. The summed E-state index contributed by atoms with van der Waals surface area (Å²) in [5.74, 6) is 1.84. The Morgan fingerprint density at radius 3 is 2.11 bits per heavy atom. The number of aryl methyl sites for hydroxylation is 2. The molecule has 106 valence electrons. The molecule has 1 aromatic carbocycles. The van der Waals surface area contributed by atoms with E-state index in [9.17, 15) is 5.11 Å². The summed E-state index contributed by atoms with van der Waals surface area (Å²) in [6, 6.07) is 6.40.